The predicted octanol–water partition coefficient (Wildman–Crippen LogP) is 3.92. The van der Waals surface area contributed by atoms with Gasteiger partial charge in [-0.2, -0.15) is 5.26 Å². The van der Waals surface area contributed by atoms with E-state index in [4.69, 9.17) is 21.7 Å². The number of nitriles is 1. The number of hydrogen-bond donors (Lipinski definition) is 6. The number of H-pyrrole nitrogens is 1. The monoisotopic (exact) mass is 599 g/mol. The van der Waals surface area contributed by atoms with Crippen molar-refractivity contribution < 1.29 is 19.8 Å². The van der Waals surface area contributed by atoms with E-state index < -0.39 is 17.9 Å². The van der Waals surface area contributed by atoms with Crippen molar-refractivity contribution in [2.45, 2.75) is 57.0 Å². The van der Waals surface area contributed by atoms with Crippen molar-refractivity contribution in [2.75, 3.05) is 6.54 Å². The Balaban J connectivity index is 1.41. The summed E-state index contributed by atoms with van der Waals surface area (Å²) in [5.41, 5.74) is 13.0. The van der Waals surface area contributed by atoms with Crippen LogP contribution in [0.2, 0.25) is 0 Å². The van der Waals surface area contributed by atoms with Crippen molar-refractivity contribution in [1.82, 2.24) is 24.8 Å². The molecule has 15 heteroatoms. The molecule has 3 aromatic heterocycles. The van der Waals surface area contributed by atoms with Crippen molar-refractivity contribution in [1.29, 1.82) is 5.26 Å². The number of nitrogens with zero attached hydrogens (tertiary/aromatic N) is 7. The van der Waals surface area contributed by atoms with Crippen LogP contribution in [0.1, 0.15) is 61.3 Å². The summed E-state index contributed by atoms with van der Waals surface area (Å²) in [6.45, 7) is 0.209. The van der Waals surface area contributed by atoms with Gasteiger partial charge in [0, 0.05) is 30.6 Å². The summed E-state index contributed by atoms with van der Waals surface area (Å²) in [5, 5.41) is 41.3. The van der Waals surface area contributed by atoms with E-state index in [1.165, 1.54) is 18.2 Å². The van der Waals surface area contributed by atoms with Gasteiger partial charge in [0.25, 0.3) is 11.9 Å². The summed E-state index contributed by atoms with van der Waals surface area (Å²) in [4.78, 5) is 40.8. The fourth-order valence-corrected chi connectivity index (χ4v) is 5.60. The number of nitrogens with one attached hydrogen (secondary N) is 2. The number of aliphatic carboxylic acids is 1. The number of aromatic nitrogens is 4. The Kier molecular flexibility index (Phi) is 8.98. The fraction of sp³-hybridized carbons (Fsp3) is 0.379. The summed E-state index contributed by atoms with van der Waals surface area (Å²) in [7, 11) is 0. The molecule has 4 aromatic rings. The standard InChI is InChI=1S/C29H33N11O4/c30-11-9-16-3-6-18(7-4-16)40-24-19-10-13-33-25(19)35-15-22(24)37-29(40)39-38-17-5-8-23(41)20(14-17)26(42)36-21(27(43)44)2-1-12-34-28(31)32/h5,8,10,13-16,18,21,41H,1-4,6-7,9,12H2,(H,33,35)(H,36,42)(H,43,44)(H4,31,32,34)/t16?,18?,21-/m1/s1. The molecule has 0 spiro atoms. The van der Waals surface area contributed by atoms with Crippen LogP contribution in [0.4, 0.5) is 11.6 Å². The Morgan fingerprint density at radius 1 is 1.20 bits per heavy atom. The van der Waals surface area contributed by atoms with E-state index in [2.05, 4.69) is 41.1 Å². The van der Waals surface area contributed by atoms with E-state index in [1.54, 1.807) is 6.20 Å². The van der Waals surface area contributed by atoms with Crippen LogP contribution >= 0.6 is 0 Å². The zero-order chi connectivity index (χ0) is 31.2. The second-order valence-corrected chi connectivity index (χ2v) is 10.8. The van der Waals surface area contributed by atoms with Gasteiger partial charge >= 0.3 is 5.97 Å². The number of aromatic amines is 1. The number of aromatic hydroxyl groups is 1. The summed E-state index contributed by atoms with van der Waals surface area (Å²) in [6.07, 6.45) is 7.99. The van der Waals surface area contributed by atoms with E-state index >= 15 is 0 Å². The normalized spacial score (nSPS) is 17.4. The lowest BCUT2D eigenvalue weighted by Crippen LogP contribution is -2.40. The molecule has 0 aliphatic heterocycles. The summed E-state index contributed by atoms with van der Waals surface area (Å²) < 4.78 is 2.08. The maximum atomic E-state index is 13.0. The van der Waals surface area contributed by atoms with Gasteiger partial charge in [-0.1, -0.05) is 0 Å². The van der Waals surface area contributed by atoms with Gasteiger partial charge in [0.15, 0.2) is 5.96 Å². The van der Waals surface area contributed by atoms with Gasteiger partial charge in [0.05, 0.1) is 29.0 Å². The summed E-state index contributed by atoms with van der Waals surface area (Å²) >= 11 is 0. The molecule has 0 unspecified atom stereocenters. The first kappa shape index (κ1) is 30.0. The molecule has 3 heterocycles. The van der Waals surface area contributed by atoms with E-state index in [0.29, 0.717) is 30.2 Å². The molecule has 228 valence electrons. The number of carboxylic acid groups (broad SMARTS) is 1. The third-order valence-electron chi connectivity index (χ3n) is 7.81. The molecule has 1 fully saturated rings. The topological polar surface area (TPSA) is 246 Å². The smallest absolute Gasteiger partial charge is 0.326 e. The molecule has 1 saturated carbocycles. The van der Waals surface area contributed by atoms with Crippen LogP contribution in [0.25, 0.3) is 22.1 Å². The molecular formula is C29H33N11O4. The van der Waals surface area contributed by atoms with Crippen LogP contribution in [-0.4, -0.2) is 60.2 Å². The average Bonchev–Trinajstić information content (AvgIpc) is 3.63. The number of hydrogen-bond acceptors (Lipinski definition) is 9. The highest BCUT2D eigenvalue weighted by Gasteiger charge is 2.27. The second kappa shape index (κ2) is 13.2. The first-order valence-corrected chi connectivity index (χ1v) is 14.3. The number of aliphatic imine (C=N–C) groups is 1. The van der Waals surface area contributed by atoms with Crippen molar-refractivity contribution in [3.63, 3.8) is 0 Å². The number of benzene rings is 1. The highest BCUT2D eigenvalue weighted by atomic mass is 16.4. The largest absolute Gasteiger partial charge is 0.507 e. The molecule has 1 aliphatic carbocycles. The van der Waals surface area contributed by atoms with Gasteiger partial charge in [0.2, 0.25) is 0 Å². The highest BCUT2D eigenvalue weighted by molar-refractivity contribution is 6.02. The average molecular weight is 600 g/mol. The van der Waals surface area contributed by atoms with E-state index in [0.717, 1.165) is 42.2 Å². The number of phenols is 1. The number of amides is 1. The number of nitrogens with two attached hydrogens (primary N) is 2. The molecule has 15 nitrogen and oxygen atoms in total. The Labute approximate surface area is 251 Å². The third kappa shape index (κ3) is 6.59. The van der Waals surface area contributed by atoms with Gasteiger partial charge in [0.1, 0.15) is 23.0 Å². The molecule has 5 rings (SSSR count). The van der Waals surface area contributed by atoms with Gasteiger partial charge in [-0.3, -0.25) is 9.79 Å². The second-order valence-electron chi connectivity index (χ2n) is 10.8. The number of imidazole rings is 1. The van der Waals surface area contributed by atoms with Gasteiger partial charge in [-0.25, -0.2) is 14.8 Å². The van der Waals surface area contributed by atoms with E-state index in [1.807, 2.05) is 12.3 Å². The number of pyridine rings is 1. The fourth-order valence-electron chi connectivity index (χ4n) is 5.60. The molecule has 0 saturated heterocycles. The van der Waals surface area contributed by atoms with Crippen LogP contribution in [0.15, 0.2) is 51.9 Å². The minimum atomic E-state index is -1.23. The van der Waals surface area contributed by atoms with Crippen LogP contribution < -0.4 is 16.8 Å². The summed E-state index contributed by atoms with van der Waals surface area (Å²) in [5.74, 6) is -1.73. The van der Waals surface area contributed by atoms with Crippen molar-refractivity contribution in [2.24, 2.45) is 32.6 Å². The minimum absolute atomic E-state index is 0.0793. The quantitative estimate of drug-likeness (QED) is 0.0632. The Hall–Kier alpha value is -5.52. The maximum absolute atomic E-state index is 13.0. The van der Waals surface area contributed by atoms with Crippen molar-refractivity contribution in [3.05, 3.63) is 42.2 Å². The van der Waals surface area contributed by atoms with E-state index in [9.17, 15) is 19.8 Å². The molecule has 1 atom stereocenters. The summed E-state index contributed by atoms with van der Waals surface area (Å²) in [6, 6.07) is 7.22. The zero-order valence-corrected chi connectivity index (χ0v) is 23.8. The number of carbonyl (C=O) groups excluding carboxylic acids is 1. The van der Waals surface area contributed by atoms with Crippen LogP contribution in [0.5, 0.6) is 5.75 Å². The molecule has 0 radical (unpaired) electrons. The predicted molar refractivity (Wildman–Crippen MR) is 162 cm³/mol. The number of carboxylic acids is 1. The van der Waals surface area contributed by atoms with Crippen LogP contribution in [0, 0.1) is 17.2 Å². The van der Waals surface area contributed by atoms with Crippen molar-refractivity contribution in [3.8, 4) is 11.8 Å². The molecule has 8 N–H and O–H groups in total. The number of fused-ring (bicyclic) bond motifs is 3. The molecule has 1 aliphatic rings. The van der Waals surface area contributed by atoms with Gasteiger partial charge in [-0.05, 0) is 68.7 Å². The van der Waals surface area contributed by atoms with Crippen LogP contribution in [0.3, 0.4) is 0 Å². The highest BCUT2D eigenvalue weighted by Crippen LogP contribution is 2.40. The zero-order valence-electron chi connectivity index (χ0n) is 23.8. The number of carbonyl (C=O) groups is 2. The number of azo groups is 1. The Morgan fingerprint density at radius 3 is 2.73 bits per heavy atom. The maximum Gasteiger partial charge on any atom is 0.326 e. The Morgan fingerprint density at radius 2 is 2.00 bits per heavy atom. The van der Waals surface area contributed by atoms with Gasteiger partial charge in [-0.15, -0.1) is 10.2 Å². The third-order valence-corrected chi connectivity index (χ3v) is 7.81. The number of phenolic OH excluding ortho intramolecular Hbond substituents is 1. The molecule has 1 aromatic carbocycles. The minimum Gasteiger partial charge on any atom is -0.507 e. The lowest BCUT2D eigenvalue weighted by Gasteiger charge is -2.29. The molecule has 1 amide bonds. The molecular weight excluding hydrogens is 566 g/mol. The lowest BCUT2D eigenvalue weighted by molar-refractivity contribution is -0.139. The van der Waals surface area contributed by atoms with E-state index in [-0.39, 0.29) is 42.0 Å². The first-order valence-electron chi connectivity index (χ1n) is 14.3. The van der Waals surface area contributed by atoms with Crippen molar-refractivity contribution >= 4 is 51.5 Å². The molecule has 0 bridgehead atoms. The van der Waals surface area contributed by atoms with Crippen LogP contribution in [-0.2, 0) is 4.79 Å². The SMILES string of the molecule is N#CCC1CCC(n2c(N=Nc3ccc(O)c(C(=O)N[C@H](CCCN=C(N)N)C(=O)O)c3)nc3cnc4[nH]ccc4c32)CC1. The van der Waals surface area contributed by atoms with Gasteiger partial charge < -0.3 is 36.5 Å². The lowest BCUT2D eigenvalue weighted by atomic mass is 9.84. The Bertz CT molecular complexity index is 1770. The number of rotatable bonds is 11. The molecule has 44 heavy (non-hydrogen) atoms. The first-order chi connectivity index (χ1) is 21.2. The number of guanidine groups is 1.